The van der Waals surface area contributed by atoms with E-state index in [-0.39, 0.29) is 17.9 Å². The molecule has 1 aromatic carbocycles. The van der Waals surface area contributed by atoms with Gasteiger partial charge in [-0.3, -0.25) is 4.79 Å². The quantitative estimate of drug-likeness (QED) is 0.802. The Morgan fingerprint density at radius 2 is 1.95 bits per heavy atom. The standard InChI is InChI=1S/C16H13NO4/c1-10-5-4-8-14(18)17(10)9-12-11-6-2-3-7-13(11)21-15(12)16(19)20/h2-8H,9H2,1H3,(H,19,20). The first-order valence-electron chi connectivity index (χ1n) is 6.48. The molecule has 0 saturated carbocycles. The molecule has 0 aliphatic rings. The minimum atomic E-state index is -1.14. The van der Waals surface area contributed by atoms with E-state index < -0.39 is 5.97 Å². The van der Waals surface area contributed by atoms with Crippen LogP contribution in [0.15, 0.2) is 51.7 Å². The number of rotatable bonds is 3. The number of benzene rings is 1. The van der Waals surface area contributed by atoms with E-state index in [1.165, 1.54) is 10.6 Å². The Morgan fingerprint density at radius 1 is 1.19 bits per heavy atom. The number of pyridine rings is 1. The van der Waals surface area contributed by atoms with Crippen LogP contribution in [0.1, 0.15) is 21.8 Å². The molecule has 3 aromatic rings. The lowest BCUT2D eigenvalue weighted by Gasteiger charge is -2.08. The van der Waals surface area contributed by atoms with Gasteiger partial charge in [0.1, 0.15) is 5.58 Å². The van der Waals surface area contributed by atoms with E-state index in [9.17, 15) is 14.7 Å². The Labute approximate surface area is 120 Å². The van der Waals surface area contributed by atoms with Crippen LogP contribution >= 0.6 is 0 Å². The summed E-state index contributed by atoms with van der Waals surface area (Å²) in [5, 5.41) is 10.0. The van der Waals surface area contributed by atoms with E-state index >= 15 is 0 Å². The molecule has 0 saturated heterocycles. The Kier molecular flexibility index (Phi) is 3.10. The molecule has 0 fully saturated rings. The average molecular weight is 283 g/mol. The second-order valence-corrected chi connectivity index (χ2v) is 4.80. The van der Waals surface area contributed by atoms with Crippen molar-refractivity contribution < 1.29 is 14.3 Å². The van der Waals surface area contributed by atoms with Gasteiger partial charge in [0.15, 0.2) is 0 Å². The van der Waals surface area contributed by atoms with Gasteiger partial charge in [0.2, 0.25) is 5.76 Å². The molecular formula is C16H13NO4. The lowest BCUT2D eigenvalue weighted by Crippen LogP contribution is -2.22. The van der Waals surface area contributed by atoms with Crippen molar-refractivity contribution in [1.29, 1.82) is 0 Å². The third kappa shape index (κ3) is 2.23. The number of carboxylic acid groups (broad SMARTS) is 1. The molecule has 0 aliphatic heterocycles. The van der Waals surface area contributed by atoms with E-state index in [1.807, 2.05) is 19.1 Å². The van der Waals surface area contributed by atoms with Gasteiger partial charge < -0.3 is 14.1 Å². The zero-order chi connectivity index (χ0) is 15.0. The van der Waals surface area contributed by atoms with E-state index in [4.69, 9.17) is 4.42 Å². The zero-order valence-corrected chi connectivity index (χ0v) is 11.4. The Morgan fingerprint density at radius 3 is 2.67 bits per heavy atom. The topological polar surface area (TPSA) is 72.4 Å². The molecule has 0 unspecified atom stereocenters. The molecule has 2 heterocycles. The Balaban J connectivity index is 2.22. The predicted molar refractivity (Wildman–Crippen MR) is 77.7 cm³/mol. The molecule has 2 aromatic heterocycles. The summed E-state index contributed by atoms with van der Waals surface area (Å²) >= 11 is 0. The number of furan rings is 1. The van der Waals surface area contributed by atoms with Crippen LogP contribution in [0.4, 0.5) is 0 Å². The summed E-state index contributed by atoms with van der Waals surface area (Å²) < 4.78 is 6.93. The van der Waals surface area contributed by atoms with E-state index in [2.05, 4.69) is 0 Å². The van der Waals surface area contributed by atoms with Crippen LogP contribution in [0.25, 0.3) is 11.0 Å². The van der Waals surface area contributed by atoms with Crippen molar-refractivity contribution in [3.05, 3.63) is 69.8 Å². The average Bonchev–Trinajstić information content (AvgIpc) is 2.82. The molecule has 21 heavy (non-hydrogen) atoms. The predicted octanol–water partition coefficient (Wildman–Crippen LogP) is 2.65. The fraction of sp³-hybridized carbons (Fsp3) is 0.125. The number of aryl methyl sites for hydroxylation is 1. The monoisotopic (exact) mass is 283 g/mol. The number of nitrogens with zero attached hydrogens (tertiary/aromatic N) is 1. The number of hydrogen-bond donors (Lipinski definition) is 1. The highest BCUT2D eigenvalue weighted by molar-refractivity contribution is 5.95. The molecule has 3 rings (SSSR count). The molecule has 0 atom stereocenters. The van der Waals surface area contributed by atoms with Crippen molar-refractivity contribution in [2.45, 2.75) is 13.5 Å². The number of hydrogen-bond acceptors (Lipinski definition) is 3. The van der Waals surface area contributed by atoms with Gasteiger partial charge in [-0.25, -0.2) is 4.79 Å². The summed E-state index contributed by atoms with van der Waals surface area (Å²) in [6.45, 7) is 1.98. The van der Waals surface area contributed by atoms with Crippen molar-refractivity contribution in [3.8, 4) is 0 Å². The molecule has 1 N–H and O–H groups in total. The molecule has 0 aliphatic carbocycles. The number of carbonyl (C=O) groups is 1. The summed E-state index contributed by atoms with van der Waals surface area (Å²) in [5.74, 6) is -1.26. The highest BCUT2D eigenvalue weighted by Gasteiger charge is 2.20. The van der Waals surface area contributed by atoms with Crippen LogP contribution in [0, 0.1) is 6.92 Å². The maximum Gasteiger partial charge on any atom is 0.372 e. The molecule has 5 heteroatoms. The first-order chi connectivity index (χ1) is 10.1. The van der Waals surface area contributed by atoms with Crippen LogP contribution in [0.2, 0.25) is 0 Å². The number of carboxylic acids is 1. The summed E-state index contributed by atoms with van der Waals surface area (Å²) in [6, 6.07) is 12.0. The van der Waals surface area contributed by atoms with Gasteiger partial charge in [-0.1, -0.05) is 24.3 Å². The minimum Gasteiger partial charge on any atom is -0.475 e. The largest absolute Gasteiger partial charge is 0.475 e. The summed E-state index contributed by atoms with van der Waals surface area (Å²) in [6.07, 6.45) is 0. The van der Waals surface area contributed by atoms with Crippen molar-refractivity contribution in [2.24, 2.45) is 0 Å². The minimum absolute atomic E-state index is 0.119. The van der Waals surface area contributed by atoms with E-state index in [1.54, 1.807) is 24.3 Å². The van der Waals surface area contributed by atoms with Crippen molar-refractivity contribution >= 4 is 16.9 Å². The van der Waals surface area contributed by atoms with Gasteiger partial charge in [0.05, 0.1) is 6.54 Å². The van der Waals surface area contributed by atoms with Crippen LogP contribution in [0.3, 0.4) is 0 Å². The van der Waals surface area contributed by atoms with Crippen molar-refractivity contribution in [3.63, 3.8) is 0 Å². The van der Waals surface area contributed by atoms with Crippen LogP contribution < -0.4 is 5.56 Å². The fourth-order valence-corrected chi connectivity index (χ4v) is 2.41. The molecule has 0 radical (unpaired) electrons. The molecule has 0 bridgehead atoms. The Hall–Kier alpha value is -2.82. The molecule has 5 nitrogen and oxygen atoms in total. The Bertz CT molecular complexity index is 889. The fourth-order valence-electron chi connectivity index (χ4n) is 2.41. The number of fused-ring (bicyclic) bond motifs is 1. The van der Waals surface area contributed by atoms with E-state index in [0.717, 1.165) is 5.69 Å². The van der Waals surface area contributed by atoms with Gasteiger partial charge >= 0.3 is 5.97 Å². The lowest BCUT2D eigenvalue weighted by molar-refractivity contribution is 0.0663. The first-order valence-corrected chi connectivity index (χ1v) is 6.48. The SMILES string of the molecule is Cc1cccc(=O)n1Cc1c(C(=O)O)oc2ccccc12. The van der Waals surface area contributed by atoms with Crippen molar-refractivity contribution in [1.82, 2.24) is 4.57 Å². The lowest BCUT2D eigenvalue weighted by atomic mass is 10.1. The second kappa shape index (κ2) is 4.94. The summed E-state index contributed by atoms with van der Waals surface area (Å²) in [5.41, 5.74) is 1.61. The third-order valence-electron chi connectivity index (χ3n) is 3.48. The summed E-state index contributed by atoms with van der Waals surface area (Å²) in [7, 11) is 0. The molecule has 0 amide bonds. The highest BCUT2D eigenvalue weighted by Crippen LogP contribution is 2.26. The van der Waals surface area contributed by atoms with E-state index in [0.29, 0.717) is 16.5 Å². The molecular weight excluding hydrogens is 270 g/mol. The van der Waals surface area contributed by atoms with Gasteiger partial charge in [-0.2, -0.15) is 0 Å². The normalized spacial score (nSPS) is 10.9. The number of aromatic nitrogens is 1. The smallest absolute Gasteiger partial charge is 0.372 e. The van der Waals surface area contributed by atoms with Gasteiger partial charge in [0.25, 0.3) is 5.56 Å². The van der Waals surface area contributed by atoms with Crippen LogP contribution in [0.5, 0.6) is 0 Å². The maximum atomic E-state index is 12.0. The third-order valence-corrected chi connectivity index (χ3v) is 3.48. The van der Waals surface area contributed by atoms with Gasteiger partial charge in [-0.05, 0) is 19.1 Å². The molecule has 106 valence electrons. The van der Waals surface area contributed by atoms with Crippen LogP contribution in [-0.4, -0.2) is 15.6 Å². The summed E-state index contributed by atoms with van der Waals surface area (Å²) in [4.78, 5) is 23.3. The highest BCUT2D eigenvalue weighted by atomic mass is 16.4. The zero-order valence-electron chi connectivity index (χ0n) is 11.4. The number of aromatic carboxylic acids is 1. The van der Waals surface area contributed by atoms with Gasteiger partial charge in [0, 0.05) is 22.7 Å². The van der Waals surface area contributed by atoms with Gasteiger partial charge in [-0.15, -0.1) is 0 Å². The van der Waals surface area contributed by atoms with Crippen molar-refractivity contribution in [2.75, 3.05) is 0 Å². The van der Waals surface area contributed by atoms with Crippen LogP contribution in [-0.2, 0) is 6.54 Å². The first kappa shape index (κ1) is 13.2. The second-order valence-electron chi connectivity index (χ2n) is 4.80. The number of para-hydroxylation sites is 1. The molecule has 0 spiro atoms. The maximum absolute atomic E-state index is 12.0.